The van der Waals surface area contributed by atoms with Crippen molar-refractivity contribution in [2.24, 2.45) is 4.99 Å². The Morgan fingerprint density at radius 1 is 1.42 bits per heavy atom. The molecule has 0 aliphatic heterocycles. The molecule has 0 heterocycles. The van der Waals surface area contributed by atoms with Crippen molar-refractivity contribution in [2.75, 3.05) is 0 Å². The molecule has 0 fully saturated rings. The maximum absolute atomic E-state index is 4.51. The molecule has 0 saturated carbocycles. The van der Waals surface area contributed by atoms with Crippen molar-refractivity contribution in [3.05, 3.63) is 54.6 Å². The van der Waals surface area contributed by atoms with Crippen molar-refractivity contribution in [2.45, 2.75) is 0 Å². The van der Waals surface area contributed by atoms with E-state index in [4.69, 9.17) is 0 Å². The van der Waals surface area contributed by atoms with Gasteiger partial charge in [0, 0.05) is 0 Å². The number of rotatable bonds is 3. The van der Waals surface area contributed by atoms with E-state index in [1.165, 1.54) is 0 Å². The van der Waals surface area contributed by atoms with Crippen LogP contribution in [-0.4, -0.2) is 5.16 Å². The van der Waals surface area contributed by atoms with Crippen molar-refractivity contribution in [1.82, 2.24) is 0 Å². The van der Waals surface area contributed by atoms with Gasteiger partial charge in [0.15, 0.2) is 0 Å². The number of hydrogen-bond donors (Lipinski definition) is 0. The van der Waals surface area contributed by atoms with Crippen LogP contribution in [0.15, 0.2) is 48.0 Å². The molecule has 0 amide bonds. The minimum atomic E-state index is 0.755. The Morgan fingerprint density at radius 3 is 2.58 bits per heavy atom. The van der Waals surface area contributed by atoms with Gasteiger partial charge in [-0.25, -0.2) is 4.99 Å². The Kier molecular flexibility index (Phi) is 3.39. The lowest BCUT2D eigenvalue weighted by Gasteiger charge is -2.02. The van der Waals surface area contributed by atoms with Gasteiger partial charge in [0.1, 0.15) is 6.04 Å². The summed E-state index contributed by atoms with van der Waals surface area (Å²) in [6.07, 6.45) is 1.66. The quantitative estimate of drug-likeness (QED) is 0.507. The summed E-state index contributed by atoms with van der Waals surface area (Å²) in [6.45, 7) is 3.64. The number of thiocarbonyl (C=S) groups is 1. The smallest absolute Gasteiger partial charge is 0.147 e. The van der Waals surface area contributed by atoms with E-state index in [2.05, 4.69) is 29.0 Å². The lowest BCUT2D eigenvalue weighted by Crippen LogP contribution is -1.89. The summed E-state index contributed by atoms with van der Waals surface area (Å²) in [6, 6.07) is 10.5. The molecule has 1 nitrogen and oxygen atoms in total. The summed E-state index contributed by atoms with van der Waals surface area (Å²) in [5, 5.41) is 2.32. The van der Waals surface area contributed by atoms with Crippen molar-refractivity contribution in [3.8, 4) is 0 Å². The van der Waals surface area contributed by atoms with Crippen LogP contribution in [0, 0.1) is 6.04 Å². The molecule has 1 aromatic rings. The average molecular weight is 174 g/mol. The van der Waals surface area contributed by atoms with Crippen molar-refractivity contribution < 1.29 is 0 Å². The lowest BCUT2D eigenvalue weighted by molar-refractivity contribution is 1.20. The maximum Gasteiger partial charge on any atom is 0.147 e. The Bertz CT molecular complexity index is 299. The zero-order valence-electron chi connectivity index (χ0n) is 6.53. The lowest BCUT2D eigenvalue weighted by atomic mass is 10.1. The summed E-state index contributed by atoms with van der Waals surface area (Å²) in [5.41, 5.74) is 1.00. The fraction of sp³-hybridized carbons (Fsp3) is 0. The van der Waals surface area contributed by atoms with Gasteiger partial charge in [-0.05, 0) is 17.8 Å². The van der Waals surface area contributed by atoms with Gasteiger partial charge < -0.3 is 0 Å². The van der Waals surface area contributed by atoms with Gasteiger partial charge in [-0.2, -0.15) is 0 Å². The highest BCUT2D eigenvalue weighted by Gasteiger charge is 2.03. The first kappa shape index (κ1) is 8.85. The first-order chi connectivity index (χ1) is 5.88. The highest BCUT2D eigenvalue weighted by Crippen LogP contribution is 2.15. The summed E-state index contributed by atoms with van der Waals surface area (Å²) >= 11 is 4.51. The molecule has 0 saturated heterocycles. The fourth-order valence-electron chi connectivity index (χ4n) is 0.886. The molecule has 0 bridgehead atoms. The zero-order chi connectivity index (χ0) is 8.81. The molecule has 1 rings (SSSR count). The van der Waals surface area contributed by atoms with Crippen LogP contribution in [0.1, 0.15) is 5.56 Å². The minimum absolute atomic E-state index is 0.755. The van der Waals surface area contributed by atoms with E-state index in [0.717, 1.165) is 11.6 Å². The molecule has 2 heteroatoms. The van der Waals surface area contributed by atoms with E-state index in [1.54, 1.807) is 6.08 Å². The summed E-state index contributed by atoms with van der Waals surface area (Å²) in [4.78, 5) is 3.88. The molecule has 0 unspecified atom stereocenters. The first-order valence-corrected chi connectivity index (χ1v) is 3.92. The summed E-state index contributed by atoms with van der Waals surface area (Å²) in [7, 11) is 0. The third-order valence-corrected chi connectivity index (χ3v) is 1.52. The van der Waals surface area contributed by atoms with Gasteiger partial charge in [-0.3, -0.25) is 0 Å². The Labute approximate surface area is 77.5 Å². The second kappa shape index (κ2) is 4.60. The number of hydrogen-bond acceptors (Lipinski definition) is 2. The topological polar surface area (TPSA) is 12.4 Å². The van der Waals surface area contributed by atoms with Crippen LogP contribution < -0.4 is 0 Å². The van der Waals surface area contributed by atoms with Crippen molar-refractivity contribution >= 4 is 17.4 Å². The predicted octanol–water partition coefficient (Wildman–Crippen LogP) is 2.86. The molecule has 12 heavy (non-hydrogen) atoms. The second-order valence-electron chi connectivity index (χ2n) is 2.16. The highest BCUT2D eigenvalue weighted by atomic mass is 32.1. The second-order valence-corrected chi connectivity index (χ2v) is 2.34. The first-order valence-electron chi connectivity index (χ1n) is 3.51. The number of benzene rings is 1. The molecule has 0 aliphatic carbocycles. The third kappa shape index (κ3) is 2.12. The largest absolute Gasteiger partial charge is 0.213 e. The van der Waals surface area contributed by atoms with Crippen LogP contribution in [0.3, 0.4) is 0 Å². The SMILES string of the molecule is C=C[C](N=C=S)c1ccccc1. The molecular weight excluding hydrogens is 166 g/mol. The molecule has 0 aromatic heterocycles. The van der Waals surface area contributed by atoms with Gasteiger partial charge in [-0.1, -0.05) is 36.4 Å². The highest BCUT2D eigenvalue weighted by molar-refractivity contribution is 7.78. The number of aliphatic imine (C=N–C) groups is 1. The predicted molar refractivity (Wildman–Crippen MR) is 54.0 cm³/mol. The van der Waals surface area contributed by atoms with Crippen LogP contribution in [-0.2, 0) is 0 Å². The maximum atomic E-state index is 4.51. The monoisotopic (exact) mass is 174 g/mol. The van der Waals surface area contributed by atoms with Crippen LogP contribution in [0.5, 0.6) is 0 Å². The van der Waals surface area contributed by atoms with Gasteiger partial charge in [0.2, 0.25) is 0 Å². The van der Waals surface area contributed by atoms with E-state index in [9.17, 15) is 0 Å². The molecule has 1 aromatic carbocycles. The normalized spacial score (nSPS) is 9.08. The molecule has 0 atom stereocenters. The van der Waals surface area contributed by atoms with E-state index in [-0.39, 0.29) is 0 Å². The van der Waals surface area contributed by atoms with Gasteiger partial charge >= 0.3 is 0 Å². The Hall–Kier alpha value is -1.24. The molecule has 0 spiro atoms. The molecule has 59 valence electrons. The Morgan fingerprint density at radius 2 is 2.08 bits per heavy atom. The van der Waals surface area contributed by atoms with Crippen LogP contribution in [0.2, 0.25) is 0 Å². The summed E-state index contributed by atoms with van der Waals surface area (Å²) < 4.78 is 0. The molecule has 0 N–H and O–H groups in total. The van der Waals surface area contributed by atoms with E-state index < -0.39 is 0 Å². The van der Waals surface area contributed by atoms with Crippen LogP contribution >= 0.6 is 12.2 Å². The van der Waals surface area contributed by atoms with E-state index >= 15 is 0 Å². The fourth-order valence-corrected chi connectivity index (χ4v) is 0.984. The van der Waals surface area contributed by atoms with Gasteiger partial charge in [0.05, 0.1) is 5.16 Å². The van der Waals surface area contributed by atoms with Crippen molar-refractivity contribution in [1.29, 1.82) is 0 Å². The van der Waals surface area contributed by atoms with Crippen LogP contribution in [0.25, 0.3) is 0 Å². The molecule has 1 radical (unpaired) electrons. The number of isothiocyanates is 1. The van der Waals surface area contributed by atoms with Crippen molar-refractivity contribution in [3.63, 3.8) is 0 Å². The number of nitrogens with zero attached hydrogens (tertiary/aromatic N) is 1. The minimum Gasteiger partial charge on any atom is -0.213 e. The zero-order valence-corrected chi connectivity index (χ0v) is 7.34. The third-order valence-electron chi connectivity index (χ3n) is 1.43. The average Bonchev–Trinajstić information content (AvgIpc) is 2.15. The van der Waals surface area contributed by atoms with E-state index in [0.29, 0.717) is 0 Å². The van der Waals surface area contributed by atoms with Gasteiger partial charge in [0.25, 0.3) is 0 Å². The van der Waals surface area contributed by atoms with E-state index in [1.807, 2.05) is 30.3 Å². The molecule has 0 aliphatic rings. The van der Waals surface area contributed by atoms with Gasteiger partial charge in [-0.15, -0.1) is 6.58 Å². The molecular formula is C10H8NS. The summed E-state index contributed by atoms with van der Waals surface area (Å²) in [5.74, 6) is 0. The Balaban J connectivity index is 2.94. The standard InChI is InChI=1S/C10H8NS/c1-2-10(11-8-12)9-6-4-3-5-7-9/h2-7H,1H2. The van der Waals surface area contributed by atoms with Crippen LogP contribution in [0.4, 0.5) is 0 Å².